The Labute approximate surface area is 186 Å². The van der Waals surface area contributed by atoms with Gasteiger partial charge >= 0.3 is 0 Å². The number of nitrogens with zero attached hydrogens (tertiary/aromatic N) is 2. The van der Waals surface area contributed by atoms with Crippen LogP contribution in [0, 0.1) is 23.0 Å². The molecule has 0 spiro atoms. The third-order valence-corrected chi connectivity index (χ3v) is 6.67. The van der Waals surface area contributed by atoms with Gasteiger partial charge in [0.1, 0.15) is 12.0 Å². The lowest BCUT2D eigenvalue weighted by molar-refractivity contribution is -0.385. The Morgan fingerprint density at radius 2 is 1.87 bits per heavy atom. The Morgan fingerprint density at radius 3 is 2.39 bits per heavy atom. The number of ketones is 1. The molecule has 1 N–H and O–H groups in total. The van der Waals surface area contributed by atoms with Crippen LogP contribution >= 0.6 is 11.8 Å². The summed E-state index contributed by atoms with van der Waals surface area (Å²) in [5.74, 6) is 1.03. The number of rotatable bonds is 8. The van der Waals surface area contributed by atoms with Crippen molar-refractivity contribution in [2.45, 2.75) is 57.9 Å². The molecule has 0 bridgehead atoms. The number of nitro groups is 1. The van der Waals surface area contributed by atoms with E-state index in [0.29, 0.717) is 23.4 Å². The van der Waals surface area contributed by atoms with Gasteiger partial charge in [0.15, 0.2) is 5.78 Å². The van der Waals surface area contributed by atoms with Crippen molar-refractivity contribution >= 4 is 28.8 Å². The van der Waals surface area contributed by atoms with E-state index in [1.807, 2.05) is 0 Å². The fourth-order valence-corrected chi connectivity index (χ4v) is 5.13. The highest BCUT2D eigenvalue weighted by atomic mass is 32.2. The molecule has 7 heteroatoms. The SMILES string of the molecule is CCc1cc(C)cc(CC)c1C1=C(O)CC(CCSc2ccc([N+](=O)[O-])cn2)CC1=O. The van der Waals surface area contributed by atoms with Crippen molar-refractivity contribution in [3.63, 3.8) is 0 Å². The lowest BCUT2D eigenvalue weighted by atomic mass is 9.79. The Hall–Kier alpha value is -2.67. The first kappa shape index (κ1) is 23.0. The molecule has 0 saturated heterocycles. The second kappa shape index (κ2) is 10.1. The summed E-state index contributed by atoms with van der Waals surface area (Å²) in [6, 6.07) is 7.31. The molecule has 3 rings (SSSR count). The highest BCUT2D eigenvalue weighted by Crippen LogP contribution is 2.38. The topological polar surface area (TPSA) is 93.3 Å². The molecule has 0 amide bonds. The fraction of sp³-hybridized carbons (Fsp3) is 0.417. The van der Waals surface area contributed by atoms with Crippen molar-refractivity contribution in [1.29, 1.82) is 0 Å². The molecule has 0 fully saturated rings. The first-order valence-corrected chi connectivity index (χ1v) is 11.6. The maximum absolute atomic E-state index is 13.1. The van der Waals surface area contributed by atoms with Gasteiger partial charge in [0.2, 0.25) is 0 Å². The van der Waals surface area contributed by atoms with Crippen LogP contribution in [0.1, 0.15) is 55.4 Å². The molecule has 1 aliphatic rings. The number of Topliss-reactive ketones (excluding diaryl/α,β-unsaturated/α-hetero) is 1. The predicted octanol–water partition coefficient (Wildman–Crippen LogP) is 5.85. The Balaban J connectivity index is 1.71. The third kappa shape index (κ3) is 5.34. The van der Waals surface area contributed by atoms with Gasteiger partial charge in [-0.1, -0.05) is 31.5 Å². The van der Waals surface area contributed by atoms with Gasteiger partial charge in [0, 0.05) is 18.9 Å². The van der Waals surface area contributed by atoms with E-state index in [2.05, 4.69) is 37.9 Å². The number of benzene rings is 1. The summed E-state index contributed by atoms with van der Waals surface area (Å²) in [4.78, 5) is 27.4. The molecule has 1 heterocycles. The van der Waals surface area contributed by atoms with Gasteiger partial charge in [-0.25, -0.2) is 4.98 Å². The summed E-state index contributed by atoms with van der Waals surface area (Å²) in [7, 11) is 0. The number of carbonyl (C=O) groups is 1. The average Bonchev–Trinajstić information content (AvgIpc) is 2.74. The van der Waals surface area contributed by atoms with E-state index in [1.165, 1.54) is 29.6 Å². The van der Waals surface area contributed by atoms with Crippen LogP contribution in [0.2, 0.25) is 0 Å². The highest BCUT2D eigenvalue weighted by Gasteiger charge is 2.30. The monoisotopic (exact) mass is 440 g/mol. The van der Waals surface area contributed by atoms with Crippen molar-refractivity contribution in [3.8, 4) is 0 Å². The largest absolute Gasteiger partial charge is 0.512 e. The third-order valence-electron chi connectivity index (χ3n) is 5.69. The maximum atomic E-state index is 13.1. The number of pyridine rings is 1. The van der Waals surface area contributed by atoms with Gasteiger partial charge in [0.25, 0.3) is 5.69 Å². The minimum atomic E-state index is -0.469. The molecule has 1 aromatic heterocycles. The zero-order valence-corrected chi connectivity index (χ0v) is 19.0. The molecule has 1 unspecified atom stereocenters. The van der Waals surface area contributed by atoms with E-state index in [-0.39, 0.29) is 23.1 Å². The standard InChI is InChI=1S/C24H28N2O4S/c1-4-17-10-15(3)11-18(5-2)23(17)24-20(27)12-16(13-21(24)28)8-9-31-22-7-6-19(14-25-22)26(29)30/h6-7,10-11,14,16,27H,4-5,8-9,12-13H2,1-3H3. The first-order valence-electron chi connectivity index (χ1n) is 10.6. The Bertz CT molecular complexity index is 990. The van der Waals surface area contributed by atoms with Crippen molar-refractivity contribution in [3.05, 3.63) is 68.6 Å². The van der Waals surface area contributed by atoms with Crippen LogP contribution in [-0.2, 0) is 17.6 Å². The minimum absolute atomic E-state index is 0.0143. The zero-order valence-electron chi connectivity index (χ0n) is 18.2. The van der Waals surface area contributed by atoms with Gasteiger partial charge in [-0.3, -0.25) is 14.9 Å². The number of hydrogen-bond acceptors (Lipinski definition) is 6. The number of aliphatic hydroxyl groups excluding tert-OH is 1. The van der Waals surface area contributed by atoms with Crippen LogP contribution in [0.4, 0.5) is 5.69 Å². The van der Waals surface area contributed by atoms with Crippen molar-refractivity contribution in [2.24, 2.45) is 5.92 Å². The number of aliphatic hydroxyl groups is 1. The van der Waals surface area contributed by atoms with Crippen molar-refractivity contribution in [2.75, 3.05) is 5.75 Å². The Morgan fingerprint density at radius 1 is 1.19 bits per heavy atom. The predicted molar refractivity (Wildman–Crippen MR) is 123 cm³/mol. The van der Waals surface area contributed by atoms with Crippen LogP contribution in [0.5, 0.6) is 0 Å². The van der Waals surface area contributed by atoms with Crippen LogP contribution in [0.15, 0.2) is 41.2 Å². The summed E-state index contributed by atoms with van der Waals surface area (Å²) in [6.45, 7) is 6.22. The van der Waals surface area contributed by atoms with Crippen molar-refractivity contribution < 1.29 is 14.8 Å². The molecule has 2 aromatic rings. The highest BCUT2D eigenvalue weighted by molar-refractivity contribution is 7.99. The average molecular weight is 441 g/mol. The number of carbonyl (C=O) groups excluding carboxylic acids is 1. The maximum Gasteiger partial charge on any atom is 0.287 e. The quantitative estimate of drug-likeness (QED) is 0.314. The molecule has 1 atom stereocenters. The Kier molecular flexibility index (Phi) is 7.49. The van der Waals surface area contributed by atoms with E-state index in [9.17, 15) is 20.0 Å². The molecule has 6 nitrogen and oxygen atoms in total. The number of hydrogen-bond donors (Lipinski definition) is 1. The van der Waals surface area contributed by atoms with E-state index in [1.54, 1.807) is 6.07 Å². The van der Waals surface area contributed by atoms with E-state index in [0.717, 1.165) is 41.7 Å². The molecule has 164 valence electrons. The normalized spacial score (nSPS) is 16.6. The van der Waals surface area contributed by atoms with Crippen LogP contribution < -0.4 is 0 Å². The smallest absolute Gasteiger partial charge is 0.287 e. The summed E-state index contributed by atoms with van der Waals surface area (Å²) in [5.41, 5.74) is 4.82. The lowest BCUT2D eigenvalue weighted by Gasteiger charge is -2.26. The number of aryl methyl sites for hydroxylation is 3. The van der Waals surface area contributed by atoms with Gasteiger partial charge in [-0.05, 0) is 60.6 Å². The molecule has 1 aromatic carbocycles. The molecular formula is C24H28N2O4S. The van der Waals surface area contributed by atoms with Crippen molar-refractivity contribution in [1.82, 2.24) is 4.98 Å². The summed E-state index contributed by atoms with van der Waals surface area (Å²) in [5, 5.41) is 22.3. The van der Waals surface area contributed by atoms with Crippen LogP contribution in [-0.4, -0.2) is 26.5 Å². The molecule has 31 heavy (non-hydrogen) atoms. The summed E-state index contributed by atoms with van der Waals surface area (Å²) >= 11 is 1.51. The van der Waals surface area contributed by atoms with Gasteiger partial charge < -0.3 is 5.11 Å². The molecule has 1 aliphatic carbocycles. The summed E-state index contributed by atoms with van der Waals surface area (Å²) in [6.07, 6.45) is 4.57. The van der Waals surface area contributed by atoms with Crippen LogP contribution in [0.3, 0.4) is 0 Å². The minimum Gasteiger partial charge on any atom is -0.512 e. The lowest BCUT2D eigenvalue weighted by Crippen LogP contribution is -2.21. The molecule has 0 aliphatic heterocycles. The van der Waals surface area contributed by atoms with Gasteiger partial charge in [0.05, 0.1) is 15.5 Å². The number of allylic oxidation sites excluding steroid dienone is 2. The van der Waals surface area contributed by atoms with Crippen LogP contribution in [0.25, 0.3) is 5.57 Å². The number of thioether (sulfide) groups is 1. The van der Waals surface area contributed by atoms with E-state index >= 15 is 0 Å². The van der Waals surface area contributed by atoms with Gasteiger partial charge in [-0.15, -0.1) is 11.8 Å². The molecule has 0 saturated carbocycles. The number of aromatic nitrogens is 1. The zero-order chi connectivity index (χ0) is 22.5. The molecule has 0 radical (unpaired) electrons. The van der Waals surface area contributed by atoms with E-state index in [4.69, 9.17) is 0 Å². The second-order valence-electron chi connectivity index (χ2n) is 7.93. The molecular weight excluding hydrogens is 412 g/mol. The van der Waals surface area contributed by atoms with Gasteiger partial charge in [-0.2, -0.15) is 0 Å². The second-order valence-corrected chi connectivity index (χ2v) is 9.05. The first-order chi connectivity index (χ1) is 14.8. The van der Waals surface area contributed by atoms with E-state index < -0.39 is 4.92 Å². The fourth-order valence-electron chi connectivity index (χ4n) is 4.18. The summed E-state index contributed by atoms with van der Waals surface area (Å²) < 4.78 is 0.